The monoisotopic (exact) mass is 347 g/mol. The molecule has 2 aromatic rings. The Hall–Kier alpha value is -2.41. The maximum absolute atomic E-state index is 12.2. The van der Waals surface area contributed by atoms with E-state index in [0.29, 0.717) is 30.6 Å². The van der Waals surface area contributed by atoms with Gasteiger partial charge in [0.15, 0.2) is 0 Å². The quantitative estimate of drug-likeness (QED) is 0.766. The van der Waals surface area contributed by atoms with Gasteiger partial charge >= 0.3 is 0 Å². The average Bonchev–Trinajstić information content (AvgIpc) is 2.55. The van der Waals surface area contributed by atoms with E-state index in [1.165, 1.54) is 6.07 Å². The number of hydrogen-bond donors (Lipinski definition) is 2. The molecule has 0 radical (unpaired) electrons. The lowest BCUT2D eigenvalue weighted by Crippen LogP contribution is -2.26. The summed E-state index contributed by atoms with van der Waals surface area (Å²) >= 11 is 0. The number of nitrogens with one attached hydrogen (secondary N) is 2. The van der Waals surface area contributed by atoms with Crippen LogP contribution in [0.15, 0.2) is 48.8 Å². The molecular weight excluding hydrogens is 326 g/mol. The van der Waals surface area contributed by atoms with Gasteiger partial charge in [-0.2, -0.15) is 0 Å². The second-order valence-corrected chi connectivity index (χ2v) is 7.21. The van der Waals surface area contributed by atoms with Crippen LogP contribution < -0.4 is 10.0 Å². The molecule has 128 valence electrons. The highest BCUT2D eigenvalue weighted by atomic mass is 32.2. The number of hydrogen-bond acceptors (Lipinski definition) is 4. The Bertz CT molecular complexity index is 777. The largest absolute Gasteiger partial charge is 0.352 e. The van der Waals surface area contributed by atoms with Gasteiger partial charge in [-0.15, -0.1) is 0 Å². The molecule has 1 heterocycles. The molecule has 7 heteroatoms. The van der Waals surface area contributed by atoms with Gasteiger partial charge in [0.25, 0.3) is 5.91 Å². The number of carbonyl (C=O) groups is 1. The molecule has 0 aliphatic heterocycles. The molecule has 0 saturated heterocycles. The van der Waals surface area contributed by atoms with Gasteiger partial charge in [-0.25, -0.2) is 8.42 Å². The van der Waals surface area contributed by atoms with Crippen LogP contribution in [0.2, 0.25) is 0 Å². The Morgan fingerprint density at radius 2 is 2.04 bits per heavy atom. The topological polar surface area (TPSA) is 88.2 Å². The van der Waals surface area contributed by atoms with Gasteiger partial charge in [-0.1, -0.05) is 19.1 Å². The molecular formula is C17H21N3O3S. The van der Waals surface area contributed by atoms with Crippen molar-refractivity contribution in [2.24, 2.45) is 0 Å². The zero-order valence-corrected chi connectivity index (χ0v) is 14.3. The number of sulfonamides is 1. The van der Waals surface area contributed by atoms with E-state index < -0.39 is 10.0 Å². The van der Waals surface area contributed by atoms with Crippen LogP contribution in [-0.4, -0.2) is 31.6 Å². The molecule has 24 heavy (non-hydrogen) atoms. The summed E-state index contributed by atoms with van der Waals surface area (Å²) < 4.78 is 26.1. The first-order valence-corrected chi connectivity index (χ1v) is 9.43. The van der Waals surface area contributed by atoms with Crippen LogP contribution in [-0.2, 0) is 16.4 Å². The summed E-state index contributed by atoms with van der Waals surface area (Å²) in [6, 6.07) is 10.3. The van der Waals surface area contributed by atoms with Crippen LogP contribution in [0.3, 0.4) is 0 Å². The van der Waals surface area contributed by atoms with Gasteiger partial charge < -0.3 is 5.32 Å². The molecule has 6 nitrogen and oxygen atoms in total. The van der Waals surface area contributed by atoms with Crippen LogP contribution >= 0.6 is 0 Å². The van der Waals surface area contributed by atoms with Gasteiger partial charge in [0, 0.05) is 30.2 Å². The summed E-state index contributed by atoms with van der Waals surface area (Å²) in [5.41, 5.74) is 1.85. The van der Waals surface area contributed by atoms with E-state index >= 15 is 0 Å². The summed E-state index contributed by atoms with van der Waals surface area (Å²) in [6.45, 7) is 2.28. The van der Waals surface area contributed by atoms with E-state index in [1.54, 1.807) is 37.5 Å². The predicted octanol–water partition coefficient (Wildman–Crippen LogP) is 2.21. The highest BCUT2D eigenvalue weighted by Gasteiger charge is 2.11. The van der Waals surface area contributed by atoms with Crippen molar-refractivity contribution >= 4 is 21.6 Å². The zero-order valence-electron chi connectivity index (χ0n) is 13.5. The van der Waals surface area contributed by atoms with Gasteiger partial charge in [-0.05, 0) is 42.7 Å². The Morgan fingerprint density at radius 3 is 2.75 bits per heavy atom. The number of anilines is 1. The maximum Gasteiger partial charge on any atom is 0.251 e. The second kappa shape index (κ2) is 8.44. The van der Waals surface area contributed by atoms with Crippen molar-refractivity contribution in [1.29, 1.82) is 0 Å². The first-order valence-electron chi connectivity index (χ1n) is 7.78. The van der Waals surface area contributed by atoms with Gasteiger partial charge in [-0.3, -0.25) is 14.5 Å². The number of pyridine rings is 1. The molecule has 0 aliphatic carbocycles. The van der Waals surface area contributed by atoms with Gasteiger partial charge in [0.05, 0.1) is 5.75 Å². The van der Waals surface area contributed by atoms with Crippen molar-refractivity contribution in [3.8, 4) is 0 Å². The molecule has 1 aromatic heterocycles. The van der Waals surface area contributed by atoms with E-state index in [9.17, 15) is 13.2 Å². The molecule has 1 aromatic carbocycles. The van der Waals surface area contributed by atoms with Crippen LogP contribution in [0.25, 0.3) is 0 Å². The minimum absolute atomic E-state index is 0.0501. The fourth-order valence-corrected chi connectivity index (χ4v) is 3.32. The van der Waals surface area contributed by atoms with Crippen molar-refractivity contribution in [3.63, 3.8) is 0 Å². The average molecular weight is 347 g/mol. The third kappa shape index (κ3) is 5.66. The molecule has 0 atom stereocenters. The SMILES string of the molecule is CCCS(=O)(=O)Nc1cccc(C(=O)NCCc2cccnc2)c1. The number of nitrogens with zero attached hydrogens (tertiary/aromatic N) is 1. The van der Waals surface area contributed by atoms with E-state index in [-0.39, 0.29) is 11.7 Å². The molecule has 0 spiro atoms. The highest BCUT2D eigenvalue weighted by Crippen LogP contribution is 2.13. The van der Waals surface area contributed by atoms with E-state index in [1.807, 2.05) is 12.1 Å². The minimum Gasteiger partial charge on any atom is -0.352 e. The second-order valence-electron chi connectivity index (χ2n) is 5.37. The molecule has 0 unspecified atom stereocenters. The Labute approximate surface area is 142 Å². The van der Waals surface area contributed by atoms with E-state index in [0.717, 1.165) is 5.56 Å². The third-order valence-corrected chi connectivity index (χ3v) is 4.79. The molecule has 1 amide bonds. The normalized spacial score (nSPS) is 11.0. The number of benzene rings is 1. The summed E-state index contributed by atoms with van der Waals surface area (Å²) in [4.78, 5) is 16.2. The van der Waals surface area contributed by atoms with Crippen molar-refractivity contribution in [2.75, 3.05) is 17.0 Å². The first-order chi connectivity index (χ1) is 11.5. The molecule has 0 aliphatic rings. The van der Waals surface area contributed by atoms with Crippen LogP contribution in [0.4, 0.5) is 5.69 Å². The van der Waals surface area contributed by atoms with Crippen molar-refractivity contribution in [3.05, 3.63) is 59.9 Å². The fourth-order valence-electron chi connectivity index (χ4n) is 2.19. The first kappa shape index (κ1) is 17.9. The number of aromatic nitrogens is 1. The summed E-state index contributed by atoms with van der Waals surface area (Å²) in [6.07, 6.45) is 4.68. The summed E-state index contributed by atoms with van der Waals surface area (Å²) in [5.74, 6) is -0.190. The Balaban J connectivity index is 1.94. The Morgan fingerprint density at radius 1 is 1.21 bits per heavy atom. The lowest BCUT2D eigenvalue weighted by molar-refractivity contribution is 0.0954. The minimum atomic E-state index is -3.37. The smallest absolute Gasteiger partial charge is 0.251 e. The van der Waals surface area contributed by atoms with Gasteiger partial charge in [0.2, 0.25) is 10.0 Å². The molecule has 0 bridgehead atoms. The highest BCUT2D eigenvalue weighted by molar-refractivity contribution is 7.92. The number of rotatable bonds is 8. The van der Waals surface area contributed by atoms with Crippen LogP contribution in [0.1, 0.15) is 29.3 Å². The van der Waals surface area contributed by atoms with E-state index in [4.69, 9.17) is 0 Å². The summed E-state index contributed by atoms with van der Waals surface area (Å²) in [7, 11) is -3.37. The molecule has 2 N–H and O–H groups in total. The van der Waals surface area contributed by atoms with Crippen molar-refractivity contribution in [1.82, 2.24) is 10.3 Å². The maximum atomic E-state index is 12.2. The van der Waals surface area contributed by atoms with Gasteiger partial charge in [0.1, 0.15) is 0 Å². The molecule has 2 rings (SSSR count). The van der Waals surface area contributed by atoms with Crippen molar-refractivity contribution in [2.45, 2.75) is 19.8 Å². The van der Waals surface area contributed by atoms with Crippen LogP contribution in [0.5, 0.6) is 0 Å². The molecule has 0 fully saturated rings. The zero-order chi connectivity index (χ0) is 17.4. The van der Waals surface area contributed by atoms with E-state index in [2.05, 4.69) is 15.0 Å². The van der Waals surface area contributed by atoms with Crippen molar-refractivity contribution < 1.29 is 13.2 Å². The lowest BCUT2D eigenvalue weighted by atomic mass is 10.2. The number of amides is 1. The lowest BCUT2D eigenvalue weighted by Gasteiger charge is -2.09. The Kier molecular flexibility index (Phi) is 6.31. The molecule has 0 saturated carbocycles. The predicted molar refractivity (Wildman–Crippen MR) is 94.4 cm³/mol. The van der Waals surface area contributed by atoms with Crippen LogP contribution in [0, 0.1) is 0 Å². The number of carbonyl (C=O) groups excluding carboxylic acids is 1. The third-order valence-electron chi connectivity index (χ3n) is 3.29. The summed E-state index contributed by atoms with van der Waals surface area (Å²) in [5, 5.41) is 2.82. The standard InChI is InChI=1S/C17H21N3O3S/c1-2-11-24(22,23)20-16-7-3-6-15(12-16)17(21)19-10-8-14-5-4-9-18-13-14/h3-7,9,12-13,20H,2,8,10-11H2,1H3,(H,19,21). The fraction of sp³-hybridized carbons (Fsp3) is 0.294.